The number of nitrogens with two attached hydrogens (primary N) is 1. The zero-order valence-electron chi connectivity index (χ0n) is 13.5. The minimum absolute atomic E-state index is 0.0684. The number of nitrogens with zero attached hydrogens (tertiary/aromatic N) is 2. The van der Waals surface area contributed by atoms with Gasteiger partial charge in [-0.2, -0.15) is 0 Å². The summed E-state index contributed by atoms with van der Waals surface area (Å²) >= 11 is 3.30. The van der Waals surface area contributed by atoms with Crippen LogP contribution in [0.2, 0.25) is 0 Å². The normalized spacial score (nSPS) is 11.3. The average molecular weight is 378 g/mol. The maximum atomic E-state index is 12.1. The zero-order valence-corrected chi connectivity index (χ0v) is 15.1. The Balaban J connectivity index is 2.24. The van der Waals surface area contributed by atoms with Crippen molar-refractivity contribution in [2.75, 3.05) is 5.73 Å². The number of carbonyl (C=O) groups is 1. The Hall–Kier alpha value is -1.95. The van der Waals surface area contributed by atoms with Crippen molar-refractivity contribution in [1.29, 1.82) is 0 Å². The van der Waals surface area contributed by atoms with Gasteiger partial charge in [-0.05, 0) is 39.9 Å². The lowest BCUT2D eigenvalue weighted by Crippen LogP contribution is -2.14. The van der Waals surface area contributed by atoms with Crippen LogP contribution in [0.4, 0.5) is 5.69 Å². The molecule has 5 nitrogen and oxygen atoms in total. The summed E-state index contributed by atoms with van der Waals surface area (Å²) in [7, 11) is 0. The predicted molar refractivity (Wildman–Crippen MR) is 93.9 cm³/mol. The highest BCUT2D eigenvalue weighted by Crippen LogP contribution is 2.34. The molecule has 23 heavy (non-hydrogen) atoms. The number of carbonyl (C=O) groups excluding carboxylic acids is 1. The number of hydrogen-bond acceptors (Lipinski definition) is 5. The zero-order chi connectivity index (χ0) is 17.0. The highest BCUT2D eigenvalue weighted by Gasteiger charge is 2.18. The summed E-state index contributed by atoms with van der Waals surface area (Å²) in [5, 5.41) is 0. The molecular weight excluding hydrogens is 358 g/mol. The van der Waals surface area contributed by atoms with Crippen LogP contribution in [0.3, 0.4) is 0 Å². The van der Waals surface area contributed by atoms with Gasteiger partial charge in [0.15, 0.2) is 11.6 Å². The molecule has 0 bridgehead atoms. The lowest BCUT2D eigenvalue weighted by Gasteiger charge is -2.17. The molecule has 2 aromatic rings. The fraction of sp³-hybridized carbons (Fsp3) is 0.353. The largest absolute Gasteiger partial charge is 0.424 e. The molecule has 0 saturated carbocycles. The molecule has 0 saturated heterocycles. The molecule has 1 aromatic carbocycles. The third kappa shape index (κ3) is 5.03. The van der Waals surface area contributed by atoms with E-state index in [1.54, 1.807) is 30.6 Å². The fourth-order valence-electron chi connectivity index (χ4n) is 1.94. The van der Waals surface area contributed by atoms with Crippen LogP contribution in [-0.4, -0.2) is 15.9 Å². The first-order chi connectivity index (χ1) is 10.8. The molecule has 1 heterocycles. The quantitative estimate of drug-likeness (QED) is 0.490. The van der Waals surface area contributed by atoms with Gasteiger partial charge in [0, 0.05) is 18.8 Å². The molecule has 0 fully saturated rings. The van der Waals surface area contributed by atoms with Gasteiger partial charge >= 0.3 is 5.97 Å². The lowest BCUT2D eigenvalue weighted by atomic mass is 9.91. The molecule has 122 valence electrons. The molecule has 0 aliphatic rings. The average Bonchev–Trinajstić information content (AvgIpc) is 2.47. The van der Waals surface area contributed by atoms with Gasteiger partial charge in [-0.15, -0.1) is 0 Å². The predicted octanol–water partition coefficient (Wildman–Crippen LogP) is 4.22. The first-order valence-corrected chi connectivity index (χ1v) is 8.13. The minimum Gasteiger partial charge on any atom is -0.424 e. The molecule has 0 atom stereocenters. The molecule has 6 heteroatoms. The Morgan fingerprint density at radius 3 is 2.52 bits per heavy atom. The summed E-state index contributed by atoms with van der Waals surface area (Å²) in [6, 6.07) is 5.25. The molecule has 0 unspecified atom stereocenters. The molecular formula is C17H20BrN3O2. The third-order valence-corrected chi connectivity index (χ3v) is 3.61. The number of anilines is 1. The van der Waals surface area contributed by atoms with Gasteiger partial charge in [-0.1, -0.05) is 26.8 Å². The number of nitrogen functional groups attached to an aromatic ring is 1. The first kappa shape index (κ1) is 17.4. The summed E-state index contributed by atoms with van der Waals surface area (Å²) in [6.45, 7) is 6.24. The van der Waals surface area contributed by atoms with E-state index in [4.69, 9.17) is 10.5 Å². The van der Waals surface area contributed by atoms with Crippen LogP contribution in [0.5, 0.6) is 5.75 Å². The number of hydrogen-bond donors (Lipinski definition) is 1. The summed E-state index contributed by atoms with van der Waals surface area (Å²) in [5.41, 5.74) is 7.03. The van der Waals surface area contributed by atoms with E-state index in [2.05, 4.69) is 46.7 Å². The Morgan fingerprint density at radius 1 is 1.26 bits per heavy atom. The number of halogens is 1. The molecule has 1 aromatic heterocycles. The molecule has 0 spiro atoms. The van der Waals surface area contributed by atoms with E-state index in [9.17, 15) is 4.79 Å². The van der Waals surface area contributed by atoms with Crippen LogP contribution in [0.15, 0.2) is 35.1 Å². The standard InChI is InChI=1S/C17H20BrN3O2/c1-17(2,3)8-7-14(22)23-15-12(5-4-6-13(15)19)16-20-9-11(18)10-21-16/h4-6,9-10H,7-8,19H2,1-3H3. The van der Waals surface area contributed by atoms with Gasteiger partial charge < -0.3 is 10.5 Å². The van der Waals surface area contributed by atoms with Crippen molar-refractivity contribution in [3.05, 3.63) is 35.1 Å². The van der Waals surface area contributed by atoms with Gasteiger partial charge in [-0.25, -0.2) is 9.97 Å². The third-order valence-electron chi connectivity index (χ3n) is 3.20. The lowest BCUT2D eigenvalue weighted by molar-refractivity contribution is -0.134. The Morgan fingerprint density at radius 2 is 1.91 bits per heavy atom. The monoisotopic (exact) mass is 377 g/mol. The van der Waals surface area contributed by atoms with E-state index < -0.39 is 0 Å². The maximum absolute atomic E-state index is 12.1. The van der Waals surface area contributed by atoms with Crippen LogP contribution in [-0.2, 0) is 4.79 Å². The van der Waals surface area contributed by atoms with Crippen LogP contribution >= 0.6 is 15.9 Å². The number of esters is 1. The SMILES string of the molecule is CC(C)(C)CCC(=O)Oc1c(N)cccc1-c1ncc(Br)cn1. The topological polar surface area (TPSA) is 78.1 Å². The second-order valence-corrected chi connectivity index (χ2v) is 7.40. The number of ether oxygens (including phenoxy) is 1. The van der Waals surface area contributed by atoms with Crippen molar-refractivity contribution in [1.82, 2.24) is 9.97 Å². The highest BCUT2D eigenvalue weighted by atomic mass is 79.9. The molecule has 2 rings (SSSR count). The second-order valence-electron chi connectivity index (χ2n) is 6.48. The Labute approximate surface area is 144 Å². The van der Waals surface area contributed by atoms with E-state index in [1.165, 1.54) is 0 Å². The van der Waals surface area contributed by atoms with Crippen molar-refractivity contribution in [2.24, 2.45) is 5.41 Å². The van der Waals surface area contributed by atoms with Crippen LogP contribution in [0.25, 0.3) is 11.4 Å². The number of rotatable bonds is 4. The summed E-state index contributed by atoms with van der Waals surface area (Å²) in [6.07, 6.45) is 4.34. The maximum Gasteiger partial charge on any atom is 0.311 e. The van der Waals surface area contributed by atoms with E-state index in [0.29, 0.717) is 29.2 Å². The van der Waals surface area contributed by atoms with Gasteiger partial charge in [0.1, 0.15) is 0 Å². The molecule has 0 aliphatic heterocycles. The first-order valence-electron chi connectivity index (χ1n) is 7.33. The van der Waals surface area contributed by atoms with Crippen LogP contribution < -0.4 is 10.5 Å². The van der Waals surface area contributed by atoms with E-state index in [-0.39, 0.29) is 11.4 Å². The number of para-hydroxylation sites is 1. The van der Waals surface area contributed by atoms with Crippen LogP contribution in [0, 0.1) is 5.41 Å². The highest BCUT2D eigenvalue weighted by molar-refractivity contribution is 9.10. The van der Waals surface area contributed by atoms with E-state index >= 15 is 0 Å². The minimum atomic E-state index is -0.309. The summed E-state index contributed by atoms with van der Waals surface area (Å²) < 4.78 is 6.27. The Bertz CT molecular complexity index is 694. The molecule has 0 amide bonds. The van der Waals surface area contributed by atoms with Crippen molar-refractivity contribution < 1.29 is 9.53 Å². The van der Waals surface area contributed by atoms with Crippen molar-refractivity contribution in [2.45, 2.75) is 33.6 Å². The number of aromatic nitrogens is 2. The Kier molecular flexibility index (Phi) is 5.36. The van der Waals surface area contributed by atoms with Crippen molar-refractivity contribution in [3.63, 3.8) is 0 Å². The molecule has 0 aliphatic carbocycles. The summed E-state index contributed by atoms with van der Waals surface area (Å²) in [4.78, 5) is 20.6. The van der Waals surface area contributed by atoms with Crippen molar-refractivity contribution >= 4 is 27.6 Å². The van der Waals surface area contributed by atoms with E-state index in [0.717, 1.165) is 10.9 Å². The molecule has 0 radical (unpaired) electrons. The summed E-state index contributed by atoms with van der Waals surface area (Å²) in [5.74, 6) is 0.462. The van der Waals surface area contributed by atoms with Gasteiger partial charge in [0.25, 0.3) is 0 Å². The number of benzene rings is 1. The second kappa shape index (κ2) is 7.08. The van der Waals surface area contributed by atoms with Gasteiger partial charge in [-0.3, -0.25) is 4.79 Å². The smallest absolute Gasteiger partial charge is 0.311 e. The molecule has 2 N–H and O–H groups in total. The van der Waals surface area contributed by atoms with Crippen molar-refractivity contribution in [3.8, 4) is 17.1 Å². The van der Waals surface area contributed by atoms with E-state index in [1.807, 2.05) is 0 Å². The van der Waals surface area contributed by atoms with Gasteiger partial charge in [0.05, 0.1) is 15.7 Å². The van der Waals surface area contributed by atoms with Gasteiger partial charge in [0.2, 0.25) is 0 Å². The fourth-order valence-corrected chi connectivity index (χ4v) is 2.14. The van der Waals surface area contributed by atoms with Crippen LogP contribution in [0.1, 0.15) is 33.6 Å².